The molecule has 174 valence electrons. The fourth-order valence-corrected chi connectivity index (χ4v) is 3.83. The number of hydrogen-bond acceptors (Lipinski definition) is 6. The molecule has 0 atom stereocenters. The first-order valence-corrected chi connectivity index (χ1v) is 11.7. The van der Waals surface area contributed by atoms with Gasteiger partial charge in [-0.3, -0.25) is 0 Å². The van der Waals surface area contributed by atoms with Gasteiger partial charge < -0.3 is 28.4 Å². The first kappa shape index (κ1) is 23.4. The lowest BCUT2D eigenvalue weighted by Gasteiger charge is -2.29. The molecular formula is C26H34O6. The summed E-state index contributed by atoms with van der Waals surface area (Å²) in [6, 6.07) is 20.0. The molecule has 0 N–H and O–H groups in total. The Morgan fingerprint density at radius 2 is 0.906 bits per heavy atom. The van der Waals surface area contributed by atoms with Crippen LogP contribution < -0.4 is 0 Å². The van der Waals surface area contributed by atoms with Crippen LogP contribution in [0.5, 0.6) is 0 Å². The van der Waals surface area contributed by atoms with Crippen LogP contribution in [0.3, 0.4) is 0 Å². The van der Waals surface area contributed by atoms with Crippen molar-refractivity contribution < 1.29 is 28.4 Å². The van der Waals surface area contributed by atoms with Crippen molar-refractivity contribution in [2.45, 2.75) is 50.5 Å². The van der Waals surface area contributed by atoms with Crippen LogP contribution >= 0.6 is 0 Å². The molecule has 0 aliphatic carbocycles. The summed E-state index contributed by atoms with van der Waals surface area (Å²) in [5.41, 5.74) is 2.10. The zero-order valence-electron chi connectivity index (χ0n) is 18.6. The highest BCUT2D eigenvalue weighted by Gasteiger charge is 2.24. The van der Waals surface area contributed by atoms with Crippen molar-refractivity contribution in [3.63, 3.8) is 0 Å². The molecule has 4 rings (SSSR count). The van der Waals surface area contributed by atoms with E-state index in [-0.39, 0.29) is 24.8 Å². The standard InChI is InChI=1S/C26H34O6/c1(9-15-27-23-17-29-25(30-18-23)21-11-5-3-6-12-21)2-10-16-28-24-19-31-26(32-20-24)22-13-7-4-8-14-22/h3-8,11-14,23-26H,1-2,9-10,15-20H2. The maximum atomic E-state index is 5.90. The van der Waals surface area contributed by atoms with Gasteiger partial charge in [0.1, 0.15) is 12.2 Å². The normalized spacial score (nSPS) is 26.1. The molecule has 0 spiro atoms. The van der Waals surface area contributed by atoms with E-state index >= 15 is 0 Å². The molecule has 0 aromatic heterocycles. The van der Waals surface area contributed by atoms with Crippen LogP contribution in [-0.2, 0) is 28.4 Å². The lowest BCUT2D eigenvalue weighted by atomic mass is 10.2. The number of ether oxygens (including phenoxy) is 6. The molecule has 0 bridgehead atoms. The van der Waals surface area contributed by atoms with Gasteiger partial charge >= 0.3 is 0 Å². The van der Waals surface area contributed by atoms with E-state index in [0.717, 1.165) is 50.0 Å². The Morgan fingerprint density at radius 3 is 1.28 bits per heavy atom. The number of rotatable bonds is 11. The first-order chi connectivity index (χ1) is 15.9. The van der Waals surface area contributed by atoms with E-state index in [4.69, 9.17) is 28.4 Å². The molecule has 6 nitrogen and oxygen atoms in total. The maximum absolute atomic E-state index is 5.90. The Kier molecular flexibility index (Phi) is 9.52. The van der Waals surface area contributed by atoms with Crippen LogP contribution in [0.1, 0.15) is 49.4 Å². The average Bonchev–Trinajstić information content (AvgIpc) is 2.87. The summed E-state index contributed by atoms with van der Waals surface area (Å²) in [5, 5.41) is 0. The summed E-state index contributed by atoms with van der Waals surface area (Å²) in [7, 11) is 0. The third-order valence-corrected chi connectivity index (χ3v) is 5.62. The van der Waals surface area contributed by atoms with Crippen molar-refractivity contribution in [3.8, 4) is 0 Å². The third kappa shape index (κ3) is 7.37. The highest BCUT2D eigenvalue weighted by Crippen LogP contribution is 2.24. The Morgan fingerprint density at radius 1 is 0.531 bits per heavy atom. The quantitative estimate of drug-likeness (QED) is 0.466. The van der Waals surface area contributed by atoms with Crippen LogP contribution in [0.4, 0.5) is 0 Å². The van der Waals surface area contributed by atoms with Crippen LogP contribution in [0.25, 0.3) is 0 Å². The monoisotopic (exact) mass is 442 g/mol. The van der Waals surface area contributed by atoms with Crippen molar-refractivity contribution in [1.82, 2.24) is 0 Å². The predicted molar refractivity (Wildman–Crippen MR) is 120 cm³/mol. The molecule has 2 heterocycles. The number of unbranched alkanes of at least 4 members (excludes halogenated alkanes) is 3. The second-order valence-corrected chi connectivity index (χ2v) is 8.22. The SMILES string of the molecule is c1ccc(C2OCC(OCCCCCCOC3COC(c4ccccc4)OC3)CO2)cc1. The maximum Gasteiger partial charge on any atom is 0.184 e. The first-order valence-electron chi connectivity index (χ1n) is 11.7. The minimum Gasteiger partial charge on any atom is -0.373 e. The van der Waals surface area contributed by atoms with Crippen molar-refractivity contribution >= 4 is 0 Å². The van der Waals surface area contributed by atoms with E-state index in [1.54, 1.807) is 0 Å². The number of benzene rings is 2. The molecule has 32 heavy (non-hydrogen) atoms. The van der Waals surface area contributed by atoms with E-state index in [1.165, 1.54) is 0 Å². The van der Waals surface area contributed by atoms with Crippen LogP contribution in [0.15, 0.2) is 60.7 Å². The van der Waals surface area contributed by atoms with Gasteiger partial charge in [-0.25, -0.2) is 0 Å². The predicted octanol–water partition coefficient (Wildman–Crippen LogP) is 4.81. The van der Waals surface area contributed by atoms with E-state index in [2.05, 4.69) is 0 Å². The molecule has 0 amide bonds. The largest absolute Gasteiger partial charge is 0.373 e. The van der Waals surface area contributed by atoms with Gasteiger partial charge in [-0.1, -0.05) is 73.5 Å². The van der Waals surface area contributed by atoms with E-state index in [9.17, 15) is 0 Å². The summed E-state index contributed by atoms with van der Waals surface area (Å²) >= 11 is 0. The van der Waals surface area contributed by atoms with Crippen LogP contribution in [0.2, 0.25) is 0 Å². The summed E-state index contributed by atoms with van der Waals surface area (Å²) in [6.07, 6.45) is 3.80. The molecule has 0 radical (unpaired) electrons. The van der Waals surface area contributed by atoms with E-state index < -0.39 is 0 Å². The topological polar surface area (TPSA) is 55.4 Å². The summed E-state index contributed by atoms with van der Waals surface area (Å²) in [4.78, 5) is 0. The molecule has 2 aromatic carbocycles. The van der Waals surface area contributed by atoms with Gasteiger partial charge in [-0.05, 0) is 12.8 Å². The smallest absolute Gasteiger partial charge is 0.184 e. The Labute approximate surface area is 190 Å². The lowest BCUT2D eigenvalue weighted by molar-refractivity contribution is -0.231. The van der Waals surface area contributed by atoms with Crippen molar-refractivity contribution in [1.29, 1.82) is 0 Å². The summed E-state index contributed by atoms with van der Waals surface area (Å²) in [5.74, 6) is 0. The molecule has 2 fully saturated rings. The molecular weight excluding hydrogens is 408 g/mol. The Bertz CT molecular complexity index is 674. The van der Waals surface area contributed by atoms with Gasteiger partial charge in [0, 0.05) is 24.3 Å². The molecule has 2 aliphatic rings. The minimum atomic E-state index is -0.278. The Hall–Kier alpha value is -1.80. The summed E-state index contributed by atoms with van der Waals surface area (Å²) < 4.78 is 35.0. The zero-order valence-corrected chi connectivity index (χ0v) is 18.6. The van der Waals surface area contributed by atoms with Crippen LogP contribution in [0, 0.1) is 0 Å². The van der Waals surface area contributed by atoms with Gasteiger partial charge in [0.25, 0.3) is 0 Å². The zero-order chi connectivity index (χ0) is 21.8. The van der Waals surface area contributed by atoms with Gasteiger partial charge in [-0.2, -0.15) is 0 Å². The molecule has 0 unspecified atom stereocenters. The lowest BCUT2D eigenvalue weighted by Crippen LogP contribution is -2.34. The molecule has 0 saturated carbocycles. The van der Waals surface area contributed by atoms with Gasteiger partial charge in [0.15, 0.2) is 12.6 Å². The molecule has 2 saturated heterocycles. The van der Waals surface area contributed by atoms with E-state index in [1.807, 2.05) is 60.7 Å². The van der Waals surface area contributed by atoms with Gasteiger partial charge in [0.2, 0.25) is 0 Å². The minimum absolute atomic E-state index is 0.0179. The molecule has 2 aliphatic heterocycles. The second kappa shape index (κ2) is 13.0. The highest BCUT2D eigenvalue weighted by atomic mass is 16.7. The highest BCUT2D eigenvalue weighted by molar-refractivity contribution is 5.17. The summed E-state index contributed by atoms with van der Waals surface area (Å²) in [6.45, 7) is 3.76. The molecule has 2 aromatic rings. The second-order valence-electron chi connectivity index (χ2n) is 8.22. The van der Waals surface area contributed by atoms with Crippen LogP contribution in [-0.4, -0.2) is 51.8 Å². The number of hydrogen-bond donors (Lipinski definition) is 0. The third-order valence-electron chi connectivity index (χ3n) is 5.62. The fourth-order valence-electron chi connectivity index (χ4n) is 3.83. The molecule has 6 heteroatoms. The Balaban J connectivity index is 0.972. The van der Waals surface area contributed by atoms with Crippen molar-refractivity contribution in [2.75, 3.05) is 39.6 Å². The van der Waals surface area contributed by atoms with Crippen molar-refractivity contribution in [2.24, 2.45) is 0 Å². The van der Waals surface area contributed by atoms with E-state index in [0.29, 0.717) is 26.4 Å². The van der Waals surface area contributed by atoms with Gasteiger partial charge in [-0.15, -0.1) is 0 Å². The fraction of sp³-hybridized carbons (Fsp3) is 0.538. The van der Waals surface area contributed by atoms with Gasteiger partial charge in [0.05, 0.1) is 26.4 Å². The van der Waals surface area contributed by atoms with Crippen molar-refractivity contribution in [3.05, 3.63) is 71.8 Å². The average molecular weight is 443 g/mol.